The fourth-order valence-corrected chi connectivity index (χ4v) is 5.52. The molecule has 0 saturated heterocycles. The number of likely N-dealkylation sites (N-methyl/N-ethyl adjacent to an activating group) is 1. The molecule has 3 heterocycles. The first-order valence-corrected chi connectivity index (χ1v) is 16.0. The number of carbonyl (C=O) groups excluding carboxylic acids is 3. The standard InChI is InChI=1S/C34H39ClFN7O5/c1-34(2,3)48-33(46)42-14-15-43-26(20-42)19-38-29(43)13-12-25(41(4)31(44)39-18-24-10-7-11-27(36)30(24)35)21-47-32(45)40-28-16-22-8-5-6-9-23(22)17-37-28/h5-11,16-17,19,25H,12-15,18,20-21H2,1-4H3,(H,39,44)(H,37,40,45)/t25-/m0/s1. The third-order valence-corrected chi connectivity index (χ3v) is 8.34. The van der Waals surface area contributed by atoms with Gasteiger partial charge in [0, 0.05) is 44.7 Å². The number of halogens is 2. The van der Waals surface area contributed by atoms with Gasteiger partial charge in [0.1, 0.15) is 29.7 Å². The molecule has 0 aliphatic carbocycles. The van der Waals surface area contributed by atoms with Gasteiger partial charge in [-0.15, -0.1) is 0 Å². The van der Waals surface area contributed by atoms with E-state index in [9.17, 15) is 18.8 Å². The van der Waals surface area contributed by atoms with Crippen LogP contribution in [0.25, 0.3) is 10.8 Å². The highest BCUT2D eigenvalue weighted by molar-refractivity contribution is 6.31. The molecule has 2 N–H and O–H groups in total. The quantitative estimate of drug-likeness (QED) is 0.210. The van der Waals surface area contributed by atoms with Crippen LogP contribution < -0.4 is 10.6 Å². The van der Waals surface area contributed by atoms with Crippen LogP contribution in [0.4, 0.5) is 24.6 Å². The van der Waals surface area contributed by atoms with Crippen molar-refractivity contribution in [2.45, 2.75) is 64.9 Å². The number of aromatic nitrogens is 3. The van der Waals surface area contributed by atoms with Crippen molar-refractivity contribution in [2.24, 2.45) is 0 Å². The maximum Gasteiger partial charge on any atom is 0.412 e. The van der Waals surface area contributed by atoms with E-state index in [1.807, 2.05) is 45.0 Å². The number of pyridine rings is 1. The van der Waals surface area contributed by atoms with Gasteiger partial charge < -0.3 is 29.2 Å². The number of nitrogens with one attached hydrogen (secondary N) is 2. The summed E-state index contributed by atoms with van der Waals surface area (Å²) in [5, 5.41) is 7.20. The van der Waals surface area contributed by atoms with Crippen LogP contribution in [-0.4, -0.2) is 74.4 Å². The van der Waals surface area contributed by atoms with Crippen LogP contribution in [0.15, 0.2) is 60.9 Å². The maximum atomic E-state index is 13.9. The number of carbonyl (C=O) groups is 3. The number of hydrogen-bond acceptors (Lipinski definition) is 7. The molecule has 4 amide bonds. The number of amides is 4. The third-order valence-electron chi connectivity index (χ3n) is 7.92. The number of hydrogen-bond donors (Lipinski definition) is 2. The van der Waals surface area contributed by atoms with Crippen molar-refractivity contribution >= 4 is 46.4 Å². The lowest BCUT2D eigenvalue weighted by molar-refractivity contribution is 0.0198. The second kappa shape index (κ2) is 14.9. The summed E-state index contributed by atoms with van der Waals surface area (Å²) in [4.78, 5) is 50.7. The SMILES string of the molecule is CN(C(=O)NCc1cccc(F)c1Cl)[C@@H](CCc1ncc2n1CCN(C(=O)OC(C)(C)C)C2)COC(=O)Nc1cc2ccccc2cn1. The zero-order valence-electron chi connectivity index (χ0n) is 27.3. The number of rotatable bonds is 9. The van der Waals surface area contributed by atoms with E-state index in [4.69, 9.17) is 21.1 Å². The van der Waals surface area contributed by atoms with E-state index in [0.29, 0.717) is 43.9 Å². The van der Waals surface area contributed by atoms with Crippen LogP contribution in [0.5, 0.6) is 0 Å². The molecule has 254 valence electrons. The van der Waals surface area contributed by atoms with Gasteiger partial charge in [0.15, 0.2) is 0 Å². The summed E-state index contributed by atoms with van der Waals surface area (Å²) in [6.07, 6.45) is 3.16. The van der Waals surface area contributed by atoms with Gasteiger partial charge in [-0.3, -0.25) is 5.32 Å². The molecule has 5 rings (SSSR count). The van der Waals surface area contributed by atoms with Crippen molar-refractivity contribution in [1.29, 1.82) is 0 Å². The Labute approximate surface area is 283 Å². The minimum atomic E-state index is -0.719. The fraction of sp³-hybridized carbons (Fsp3) is 0.382. The van der Waals surface area contributed by atoms with E-state index in [1.165, 1.54) is 17.0 Å². The number of nitrogens with zero attached hydrogens (tertiary/aromatic N) is 5. The molecule has 0 spiro atoms. The molecular formula is C34H39ClFN7O5. The second-order valence-electron chi connectivity index (χ2n) is 12.5. The second-order valence-corrected chi connectivity index (χ2v) is 12.9. The van der Waals surface area contributed by atoms with Gasteiger partial charge in [0.05, 0.1) is 29.5 Å². The smallest absolute Gasteiger partial charge is 0.412 e. The van der Waals surface area contributed by atoms with Gasteiger partial charge in [-0.25, -0.2) is 28.7 Å². The Bertz CT molecular complexity index is 1790. The molecule has 48 heavy (non-hydrogen) atoms. The molecule has 0 fully saturated rings. The van der Waals surface area contributed by atoms with Crippen LogP contribution in [-0.2, 0) is 35.5 Å². The van der Waals surface area contributed by atoms with Crippen molar-refractivity contribution in [1.82, 2.24) is 29.7 Å². The number of urea groups is 1. The lowest BCUT2D eigenvalue weighted by Crippen LogP contribution is -2.46. The van der Waals surface area contributed by atoms with Crippen LogP contribution in [0.1, 0.15) is 44.3 Å². The normalized spacial score (nSPS) is 13.4. The van der Waals surface area contributed by atoms with Crippen molar-refractivity contribution in [2.75, 3.05) is 25.5 Å². The van der Waals surface area contributed by atoms with Crippen molar-refractivity contribution in [3.63, 3.8) is 0 Å². The number of benzene rings is 2. The largest absolute Gasteiger partial charge is 0.447 e. The molecule has 4 aromatic rings. The Balaban J connectivity index is 1.24. The minimum absolute atomic E-state index is 0.00335. The minimum Gasteiger partial charge on any atom is -0.447 e. The van der Waals surface area contributed by atoms with E-state index < -0.39 is 29.6 Å². The van der Waals surface area contributed by atoms with E-state index in [2.05, 4.69) is 25.2 Å². The van der Waals surface area contributed by atoms with Crippen molar-refractivity contribution in [3.05, 3.63) is 88.8 Å². The fourth-order valence-electron chi connectivity index (χ4n) is 5.33. The summed E-state index contributed by atoms with van der Waals surface area (Å²) in [7, 11) is 1.60. The molecule has 1 aliphatic rings. The first-order chi connectivity index (χ1) is 22.9. The van der Waals surface area contributed by atoms with Crippen LogP contribution in [0, 0.1) is 5.82 Å². The lowest BCUT2D eigenvalue weighted by Gasteiger charge is -2.31. The Hall–Kier alpha value is -4.91. The molecule has 0 unspecified atom stereocenters. The van der Waals surface area contributed by atoms with Crippen LogP contribution in [0.3, 0.4) is 0 Å². The average Bonchev–Trinajstić information content (AvgIpc) is 3.46. The Kier molecular flexibility index (Phi) is 10.7. The van der Waals surface area contributed by atoms with E-state index >= 15 is 0 Å². The predicted octanol–water partition coefficient (Wildman–Crippen LogP) is 6.37. The number of anilines is 1. The zero-order valence-corrected chi connectivity index (χ0v) is 28.1. The number of imidazole rings is 1. The number of aryl methyl sites for hydroxylation is 1. The average molecular weight is 680 g/mol. The monoisotopic (exact) mass is 679 g/mol. The molecule has 0 radical (unpaired) electrons. The van der Waals surface area contributed by atoms with Gasteiger partial charge in [-0.2, -0.15) is 0 Å². The van der Waals surface area contributed by atoms with Gasteiger partial charge in [0.2, 0.25) is 0 Å². The summed E-state index contributed by atoms with van der Waals surface area (Å²) in [6, 6.07) is 12.8. The molecule has 0 bridgehead atoms. The Morgan fingerprint density at radius 3 is 2.60 bits per heavy atom. The highest BCUT2D eigenvalue weighted by Crippen LogP contribution is 2.22. The van der Waals surface area contributed by atoms with Gasteiger partial charge in [0.25, 0.3) is 0 Å². The molecule has 12 nitrogen and oxygen atoms in total. The summed E-state index contributed by atoms with van der Waals surface area (Å²) < 4.78 is 27.1. The van der Waals surface area contributed by atoms with Gasteiger partial charge in [-0.05, 0) is 50.3 Å². The molecular weight excluding hydrogens is 641 g/mol. The van der Waals surface area contributed by atoms with Crippen LogP contribution in [0.2, 0.25) is 5.02 Å². The van der Waals surface area contributed by atoms with Crippen molar-refractivity contribution < 1.29 is 28.2 Å². The Morgan fingerprint density at radius 1 is 1.06 bits per heavy atom. The summed E-state index contributed by atoms with van der Waals surface area (Å²) in [6.45, 7) is 6.73. The summed E-state index contributed by atoms with van der Waals surface area (Å²) >= 11 is 6.07. The van der Waals surface area contributed by atoms with E-state index in [-0.39, 0.29) is 24.3 Å². The maximum absolute atomic E-state index is 13.9. The molecule has 2 aromatic carbocycles. The summed E-state index contributed by atoms with van der Waals surface area (Å²) in [5.74, 6) is 0.536. The third kappa shape index (κ3) is 8.71. The van der Waals surface area contributed by atoms with Crippen LogP contribution >= 0.6 is 11.6 Å². The van der Waals surface area contributed by atoms with E-state index in [1.54, 1.807) is 36.5 Å². The Morgan fingerprint density at radius 2 is 1.83 bits per heavy atom. The molecule has 14 heteroatoms. The zero-order chi connectivity index (χ0) is 34.4. The molecule has 2 aromatic heterocycles. The predicted molar refractivity (Wildman–Crippen MR) is 179 cm³/mol. The highest BCUT2D eigenvalue weighted by Gasteiger charge is 2.28. The summed E-state index contributed by atoms with van der Waals surface area (Å²) in [5.41, 5.74) is 0.704. The number of fused-ring (bicyclic) bond motifs is 2. The van der Waals surface area contributed by atoms with Gasteiger partial charge >= 0.3 is 18.2 Å². The molecule has 0 saturated carbocycles. The van der Waals surface area contributed by atoms with Crippen molar-refractivity contribution in [3.8, 4) is 0 Å². The molecule has 1 aliphatic heterocycles. The first-order valence-electron chi connectivity index (χ1n) is 15.6. The highest BCUT2D eigenvalue weighted by atomic mass is 35.5. The lowest BCUT2D eigenvalue weighted by atomic mass is 10.1. The number of ether oxygens (including phenoxy) is 2. The van der Waals surface area contributed by atoms with E-state index in [0.717, 1.165) is 22.3 Å². The topological polar surface area (TPSA) is 131 Å². The van der Waals surface area contributed by atoms with Gasteiger partial charge in [-0.1, -0.05) is 48.0 Å². The molecule has 1 atom stereocenters. The first kappa shape index (κ1) is 34.4.